The molecule has 0 atom stereocenters. The average molecular weight is 554 g/mol. The fourth-order valence-corrected chi connectivity index (χ4v) is 5.53. The van der Waals surface area contributed by atoms with Crippen molar-refractivity contribution in [2.75, 3.05) is 45.0 Å². The summed E-state index contributed by atoms with van der Waals surface area (Å²) in [5.41, 5.74) is 8.88. The highest BCUT2D eigenvalue weighted by Gasteiger charge is 2.23. The number of imidazole rings is 1. The number of nitrogens with zero attached hydrogens (tertiary/aromatic N) is 4. The van der Waals surface area contributed by atoms with Gasteiger partial charge in [-0.2, -0.15) is 0 Å². The number of pyridine rings is 1. The topological polar surface area (TPSA) is 146 Å². The minimum absolute atomic E-state index is 0.0136. The third-order valence-electron chi connectivity index (χ3n) is 7.72. The zero-order valence-electron chi connectivity index (χ0n) is 23.6. The molecule has 1 saturated carbocycles. The summed E-state index contributed by atoms with van der Waals surface area (Å²) in [6.45, 7) is 2.10. The van der Waals surface area contributed by atoms with Crippen LogP contribution in [0.2, 0.25) is 0 Å². The highest BCUT2D eigenvalue weighted by molar-refractivity contribution is 5.86. The van der Waals surface area contributed by atoms with Crippen molar-refractivity contribution in [3.8, 4) is 0 Å². The zero-order valence-corrected chi connectivity index (χ0v) is 23.6. The number of amides is 2. The van der Waals surface area contributed by atoms with Crippen LogP contribution < -0.4 is 22.1 Å². The number of anilines is 3. The van der Waals surface area contributed by atoms with Crippen molar-refractivity contribution >= 4 is 40.4 Å². The average Bonchev–Trinajstić information content (AvgIpc) is 3.55. The summed E-state index contributed by atoms with van der Waals surface area (Å²) >= 11 is 0. The Bertz CT molecular complexity index is 1400. The molecule has 12 heteroatoms. The Labute approximate surface area is 233 Å². The SMILES string of the molecule is COC(=O)Nc1cc(Nc2cc3c(cn2)n(C)c(=O)n3C2CCCC2)cc(C2CCN(C)CC2)c1.COC(N)=O. The van der Waals surface area contributed by atoms with Crippen LogP contribution in [-0.4, -0.2) is 65.6 Å². The van der Waals surface area contributed by atoms with Crippen molar-refractivity contribution in [1.29, 1.82) is 0 Å². The van der Waals surface area contributed by atoms with Gasteiger partial charge in [0, 0.05) is 30.5 Å². The Balaban J connectivity index is 0.000000681. The van der Waals surface area contributed by atoms with Crippen LogP contribution in [-0.2, 0) is 16.5 Å². The number of piperidine rings is 1. The summed E-state index contributed by atoms with van der Waals surface area (Å²) in [5, 5.41) is 6.24. The minimum atomic E-state index is -0.745. The maximum absolute atomic E-state index is 13.0. The van der Waals surface area contributed by atoms with E-state index in [4.69, 9.17) is 4.74 Å². The summed E-state index contributed by atoms with van der Waals surface area (Å²) in [5.74, 6) is 1.09. The van der Waals surface area contributed by atoms with Gasteiger partial charge in [-0.25, -0.2) is 19.4 Å². The van der Waals surface area contributed by atoms with Crippen LogP contribution in [0.4, 0.5) is 26.8 Å². The molecule has 0 unspecified atom stereocenters. The standard InChI is InChI=1S/C26H34N6O3.C2H5NO2/c1-30-10-8-17(9-11-30)18-12-19(14-20(13-18)29-25(33)35-3)28-24-15-22-23(16-27-24)31(2)26(34)32(22)21-6-4-5-7-21;1-5-2(3)4/h12-17,21H,4-11H2,1-3H3,(H,27,28)(H,29,33);1H3,(H2,3,4). The number of carbonyl (C=O) groups excluding carboxylic acids is 2. The van der Waals surface area contributed by atoms with E-state index in [9.17, 15) is 14.4 Å². The predicted octanol–water partition coefficient (Wildman–Crippen LogP) is 4.29. The maximum Gasteiger partial charge on any atom is 0.411 e. The number of hydrogen-bond acceptors (Lipinski definition) is 8. The third-order valence-corrected chi connectivity index (χ3v) is 7.72. The van der Waals surface area contributed by atoms with Crippen LogP contribution >= 0.6 is 0 Å². The van der Waals surface area contributed by atoms with Gasteiger partial charge in [0.25, 0.3) is 0 Å². The van der Waals surface area contributed by atoms with Crippen molar-refractivity contribution in [1.82, 2.24) is 19.0 Å². The molecule has 0 radical (unpaired) electrons. The molecule has 0 bridgehead atoms. The van der Waals surface area contributed by atoms with Gasteiger partial charge in [-0.1, -0.05) is 12.8 Å². The second-order valence-electron chi connectivity index (χ2n) is 10.4. The number of aryl methyl sites for hydroxylation is 1. The van der Waals surface area contributed by atoms with Crippen LogP contribution in [0.15, 0.2) is 35.3 Å². The third kappa shape index (κ3) is 6.74. The van der Waals surface area contributed by atoms with Gasteiger partial charge < -0.3 is 25.4 Å². The Morgan fingerprint density at radius 3 is 2.23 bits per heavy atom. The quantitative estimate of drug-likeness (QED) is 0.424. The molecule has 2 fully saturated rings. The van der Waals surface area contributed by atoms with Gasteiger partial charge in [0.05, 0.1) is 31.4 Å². The van der Waals surface area contributed by atoms with E-state index in [0.29, 0.717) is 17.4 Å². The van der Waals surface area contributed by atoms with Gasteiger partial charge in [-0.3, -0.25) is 14.5 Å². The molecule has 216 valence electrons. The van der Waals surface area contributed by atoms with Gasteiger partial charge in [0.1, 0.15) is 5.82 Å². The first-order chi connectivity index (χ1) is 19.2. The fraction of sp³-hybridized carbons (Fsp3) is 0.500. The lowest BCUT2D eigenvalue weighted by Crippen LogP contribution is -2.29. The molecular weight excluding hydrogens is 514 g/mol. The smallest absolute Gasteiger partial charge is 0.411 e. The van der Waals surface area contributed by atoms with Crippen molar-refractivity contribution in [2.24, 2.45) is 12.8 Å². The molecule has 1 aliphatic heterocycles. The molecule has 2 aliphatic rings. The number of likely N-dealkylation sites (tertiary alicyclic amines) is 1. The summed E-state index contributed by atoms with van der Waals surface area (Å²) < 4.78 is 12.3. The predicted molar refractivity (Wildman–Crippen MR) is 154 cm³/mol. The molecule has 3 heterocycles. The molecule has 4 N–H and O–H groups in total. The first kappa shape index (κ1) is 28.9. The number of primary amides is 1. The van der Waals surface area contributed by atoms with Crippen molar-refractivity contribution in [2.45, 2.75) is 50.5 Å². The molecule has 12 nitrogen and oxygen atoms in total. The lowest BCUT2D eigenvalue weighted by atomic mass is 9.89. The van der Waals surface area contributed by atoms with E-state index in [2.05, 4.69) is 44.1 Å². The summed E-state index contributed by atoms with van der Waals surface area (Å²) in [7, 11) is 6.54. The van der Waals surface area contributed by atoms with Crippen LogP contribution in [0.5, 0.6) is 0 Å². The van der Waals surface area contributed by atoms with Gasteiger partial charge in [-0.15, -0.1) is 0 Å². The molecule has 40 heavy (non-hydrogen) atoms. The fourth-order valence-electron chi connectivity index (χ4n) is 5.53. The number of carbonyl (C=O) groups is 2. The van der Waals surface area contributed by atoms with Crippen molar-refractivity contribution in [3.63, 3.8) is 0 Å². The number of hydrogen-bond donors (Lipinski definition) is 3. The van der Waals surface area contributed by atoms with E-state index in [1.54, 1.807) is 17.8 Å². The summed E-state index contributed by atoms with van der Waals surface area (Å²) in [6, 6.07) is 8.26. The largest absolute Gasteiger partial charge is 0.453 e. The molecule has 2 aromatic heterocycles. The second kappa shape index (κ2) is 12.9. The van der Waals surface area contributed by atoms with Crippen LogP contribution in [0.25, 0.3) is 11.0 Å². The van der Waals surface area contributed by atoms with E-state index in [0.717, 1.165) is 68.3 Å². The molecule has 5 rings (SSSR count). The molecular formula is C28H39N7O5. The number of aromatic nitrogens is 3. The Morgan fingerprint density at radius 1 is 0.950 bits per heavy atom. The number of fused-ring (bicyclic) bond motifs is 1. The molecule has 1 aliphatic carbocycles. The first-order valence-electron chi connectivity index (χ1n) is 13.6. The molecule has 1 saturated heterocycles. The van der Waals surface area contributed by atoms with E-state index in [1.165, 1.54) is 19.8 Å². The minimum Gasteiger partial charge on any atom is -0.453 e. The number of methoxy groups -OCH3 is 2. The Kier molecular flexibility index (Phi) is 9.30. The second-order valence-corrected chi connectivity index (χ2v) is 10.4. The van der Waals surface area contributed by atoms with Gasteiger partial charge in [-0.05, 0) is 75.5 Å². The first-order valence-corrected chi connectivity index (χ1v) is 13.6. The number of benzene rings is 1. The van der Waals surface area contributed by atoms with E-state index < -0.39 is 12.2 Å². The molecule has 2 amide bonds. The highest BCUT2D eigenvalue weighted by Crippen LogP contribution is 2.34. The number of ether oxygens (including phenoxy) is 2. The molecule has 0 spiro atoms. The normalized spacial score (nSPS) is 16.3. The van der Waals surface area contributed by atoms with Crippen LogP contribution in [0.1, 0.15) is 56.0 Å². The van der Waals surface area contributed by atoms with E-state index in [1.807, 2.05) is 22.8 Å². The Morgan fingerprint density at radius 2 is 1.60 bits per heavy atom. The van der Waals surface area contributed by atoms with Gasteiger partial charge in [0.15, 0.2) is 0 Å². The van der Waals surface area contributed by atoms with Crippen molar-refractivity contribution < 1.29 is 19.1 Å². The number of nitrogens with one attached hydrogen (secondary N) is 2. The van der Waals surface area contributed by atoms with E-state index >= 15 is 0 Å². The number of nitrogens with two attached hydrogens (primary N) is 1. The van der Waals surface area contributed by atoms with E-state index in [-0.39, 0.29) is 11.7 Å². The Hall–Kier alpha value is -4.06. The lowest BCUT2D eigenvalue weighted by molar-refractivity contribution is 0.182. The number of rotatable bonds is 5. The van der Waals surface area contributed by atoms with Gasteiger partial charge >= 0.3 is 17.9 Å². The molecule has 1 aromatic carbocycles. The maximum atomic E-state index is 13.0. The lowest BCUT2D eigenvalue weighted by Gasteiger charge is -2.29. The van der Waals surface area contributed by atoms with Crippen LogP contribution in [0.3, 0.4) is 0 Å². The zero-order chi connectivity index (χ0) is 28.8. The van der Waals surface area contributed by atoms with Crippen molar-refractivity contribution in [3.05, 3.63) is 46.5 Å². The molecule has 3 aromatic rings. The summed E-state index contributed by atoms with van der Waals surface area (Å²) in [6.07, 6.45) is 7.03. The highest BCUT2D eigenvalue weighted by atomic mass is 16.5. The van der Waals surface area contributed by atoms with Crippen LogP contribution in [0, 0.1) is 0 Å². The summed E-state index contributed by atoms with van der Waals surface area (Å²) in [4.78, 5) is 41.2. The van der Waals surface area contributed by atoms with Gasteiger partial charge in [0.2, 0.25) is 0 Å². The monoisotopic (exact) mass is 553 g/mol.